The van der Waals surface area contributed by atoms with Gasteiger partial charge in [-0.25, -0.2) is 0 Å². The van der Waals surface area contributed by atoms with Gasteiger partial charge in [0.15, 0.2) is 11.5 Å². The summed E-state index contributed by atoms with van der Waals surface area (Å²) in [6.45, 7) is 3.46. The van der Waals surface area contributed by atoms with Crippen LogP contribution >= 0.6 is 0 Å². The third-order valence-electron chi connectivity index (χ3n) is 8.53. The first-order valence-corrected chi connectivity index (χ1v) is 15.6. The smallest absolute Gasteiger partial charge is 0.302 e. The lowest BCUT2D eigenvalue weighted by molar-refractivity contribution is -0.153. The van der Waals surface area contributed by atoms with Gasteiger partial charge in [-0.2, -0.15) is 0 Å². The lowest BCUT2D eigenvalue weighted by Crippen LogP contribution is -2.29. The number of hydrogen-bond donors (Lipinski definition) is 3. The number of carbonyl (C=O) groups excluding carboxylic acids is 2. The molecule has 4 N–H and O–H groups in total. The van der Waals surface area contributed by atoms with Gasteiger partial charge in [-0.15, -0.1) is 0 Å². The van der Waals surface area contributed by atoms with Crippen molar-refractivity contribution in [3.8, 4) is 11.5 Å². The third kappa shape index (κ3) is 9.72. The van der Waals surface area contributed by atoms with Gasteiger partial charge < -0.3 is 30.4 Å². The Morgan fingerprint density at radius 3 is 2.29 bits per heavy atom. The van der Waals surface area contributed by atoms with Gasteiger partial charge in [-0.05, 0) is 85.8 Å². The van der Waals surface area contributed by atoms with Crippen molar-refractivity contribution in [2.45, 2.75) is 122 Å². The predicted octanol–water partition coefficient (Wildman–Crippen LogP) is 6.05. The van der Waals surface area contributed by atoms with Crippen LogP contribution in [0, 0.1) is 5.92 Å². The van der Waals surface area contributed by atoms with Crippen molar-refractivity contribution in [1.82, 2.24) is 5.32 Å². The minimum absolute atomic E-state index is 0.0973. The van der Waals surface area contributed by atoms with Gasteiger partial charge in [0.05, 0.1) is 11.9 Å². The summed E-state index contributed by atoms with van der Waals surface area (Å²) in [5.41, 5.74) is 8.86. The molecule has 1 aromatic rings. The van der Waals surface area contributed by atoms with E-state index in [4.69, 9.17) is 19.9 Å². The van der Waals surface area contributed by atoms with Crippen LogP contribution < -0.4 is 15.8 Å². The lowest BCUT2D eigenvalue weighted by Gasteiger charge is -2.29. The summed E-state index contributed by atoms with van der Waals surface area (Å²) in [6.07, 6.45) is 17.2. The summed E-state index contributed by atoms with van der Waals surface area (Å²) in [4.78, 5) is 24.1. The molecular weight excluding hydrogens is 520 g/mol. The molecule has 8 nitrogen and oxygen atoms in total. The molecule has 8 heteroatoms. The molecule has 0 bridgehead atoms. The van der Waals surface area contributed by atoms with Crippen molar-refractivity contribution in [3.05, 3.63) is 41.2 Å². The van der Waals surface area contributed by atoms with Crippen LogP contribution in [0.3, 0.4) is 0 Å². The van der Waals surface area contributed by atoms with Crippen LogP contribution in [0.25, 0.3) is 5.57 Å². The second-order valence-electron chi connectivity index (χ2n) is 12.0. The van der Waals surface area contributed by atoms with Gasteiger partial charge in [0.25, 0.3) is 0 Å². The van der Waals surface area contributed by atoms with Crippen LogP contribution in [-0.4, -0.2) is 41.9 Å². The van der Waals surface area contributed by atoms with E-state index in [1.807, 2.05) is 18.2 Å². The number of dihydropyridines is 1. The summed E-state index contributed by atoms with van der Waals surface area (Å²) in [5, 5.41) is 14.1. The maximum atomic E-state index is 12.1. The van der Waals surface area contributed by atoms with Gasteiger partial charge in [0, 0.05) is 26.8 Å². The number of aromatic hydroxyl groups is 1. The van der Waals surface area contributed by atoms with Gasteiger partial charge in [-0.1, -0.05) is 44.6 Å². The van der Waals surface area contributed by atoms with Crippen molar-refractivity contribution < 1.29 is 28.9 Å². The highest BCUT2D eigenvalue weighted by atomic mass is 16.6. The van der Waals surface area contributed by atoms with Gasteiger partial charge in [0.1, 0.15) is 12.2 Å². The van der Waals surface area contributed by atoms with Crippen LogP contribution in [0.15, 0.2) is 30.1 Å². The summed E-state index contributed by atoms with van der Waals surface area (Å²) < 4.78 is 17.8. The zero-order valence-electron chi connectivity index (χ0n) is 24.8. The highest BCUT2D eigenvalue weighted by molar-refractivity contribution is 5.79. The fourth-order valence-corrected chi connectivity index (χ4v) is 6.58. The molecule has 2 fully saturated rings. The summed E-state index contributed by atoms with van der Waals surface area (Å²) in [6, 6.07) is 3.70. The molecule has 1 aromatic carbocycles. The number of nitrogens with one attached hydrogen (secondary N) is 1. The molecule has 3 aliphatic rings. The van der Waals surface area contributed by atoms with E-state index in [0.29, 0.717) is 43.3 Å². The Morgan fingerprint density at radius 1 is 0.976 bits per heavy atom. The average molecular weight is 569 g/mol. The Hall–Kier alpha value is -3.16. The number of nitrogens with two attached hydrogens (primary N) is 1. The highest BCUT2D eigenvalue weighted by Gasteiger charge is 2.27. The number of allylic oxidation sites excluding steroid dienone is 2. The molecule has 1 aliphatic heterocycles. The summed E-state index contributed by atoms with van der Waals surface area (Å²) in [7, 11) is 0. The second kappa shape index (κ2) is 15.2. The number of esters is 2. The van der Waals surface area contributed by atoms with Crippen molar-refractivity contribution >= 4 is 17.5 Å². The topological polar surface area (TPSA) is 120 Å². The number of phenols is 1. The molecule has 1 heterocycles. The normalized spacial score (nSPS) is 19.8. The molecule has 2 atom stereocenters. The van der Waals surface area contributed by atoms with Crippen LogP contribution in [0.5, 0.6) is 11.5 Å². The number of rotatable bonds is 12. The SMILES string of the molecule is CC(=O)O[C@H](CCc1cc(OC2CCCCC2)c(O)cc1C1=CCNC(N)=C1)C[C@H](CC1CCCCC1)OC(C)=O. The van der Waals surface area contributed by atoms with E-state index >= 15 is 0 Å². The van der Waals surface area contributed by atoms with E-state index in [9.17, 15) is 14.7 Å². The first kappa shape index (κ1) is 30.8. The first-order chi connectivity index (χ1) is 19.8. The van der Waals surface area contributed by atoms with Crippen molar-refractivity contribution in [1.29, 1.82) is 0 Å². The molecule has 2 aliphatic carbocycles. The van der Waals surface area contributed by atoms with Gasteiger partial charge >= 0.3 is 11.9 Å². The Balaban J connectivity index is 1.55. The number of ether oxygens (including phenoxy) is 3. The van der Waals surface area contributed by atoms with Crippen LogP contribution in [0.2, 0.25) is 0 Å². The molecule has 226 valence electrons. The third-order valence-corrected chi connectivity index (χ3v) is 8.53. The molecule has 4 rings (SSSR count). The Labute approximate surface area is 244 Å². The van der Waals surface area contributed by atoms with E-state index < -0.39 is 6.10 Å². The molecule has 0 spiro atoms. The van der Waals surface area contributed by atoms with Crippen LogP contribution in [0.1, 0.15) is 108 Å². The summed E-state index contributed by atoms with van der Waals surface area (Å²) >= 11 is 0. The molecule has 0 radical (unpaired) electrons. The zero-order valence-corrected chi connectivity index (χ0v) is 24.8. The van der Waals surface area contributed by atoms with E-state index in [1.165, 1.54) is 39.5 Å². The van der Waals surface area contributed by atoms with E-state index in [1.54, 1.807) is 6.07 Å². The van der Waals surface area contributed by atoms with Crippen molar-refractivity contribution in [3.63, 3.8) is 0 Å². The summed E-state index contributed by atoms with van der Waals surface area (Å²) in [5.74, 6) is 1.04. The minimum atomic E-state index is -0.410. The Kier molecular flexibility index (Phi) is 11.4. The molecule has 2 saturated carbocycles. The Morgan fingerprint density at radius 2 is 1.63 bits per heavy atom. The van der Waals surface area contributed by atoms with Crippen molar-refractivity contribution in [2.24, 2.45) is 11.7 Å². The molecule has 0 aromatic heterocycles. The highest BCUT2D eigenvalue weighted by Crippen LogP contribution is 2.37. The monoisotopic (exact) mass is 568 g/mol. The predicted molar refractivity (Wildman–Crippen MR) is 159 cm³/mol. The Bertz CT molecular complexity index is 1100. The van der Waals surface area contributed by atoms with Crippen molar-refractivity contribution in [2.75, 3.05) is 6.54 Å². The number of carbonyl (C=O) groups is 2. The quantitative estimate of drug-likeness (QED) is 0.261. The van der Waals surface area contributed by atoms with E-state index in [2.05, 4.69) is 5.32 Å². The average Bonchev–Trinajstić information content (AvgIpc) is 2.93. The second-order valence-corrected chi connectivity index (χ2v) is 12.0. The number of hydrogen-bond acceptors (Lipinski definition) is 8. The molecular formula is C33H48N2O6. The maximum absolute atomic E-state index is 12.1. The van der Waals surface area contributed by atoms with Crippen LogP contribution in [0.4, 0.5) is 0 Å². The minimum Gasteiger partial charge on any atom is -0.504 e. The van der Waals surface area contributed by atoms with Gasteiger partial charge in [-0.3, -0.25) is 9.59 Å². The molecule has 41 heavy (non-hydrogen) atoms. The van der Waals surface area contributed by atoms with E-state index in [0.717, 1.165) is 61.6 Å². The largest absolute Gasteiger partial charge is 0.504 e. The maximum Gasteiger partial charge on any atom is 0.302 e. The fraction of sp³-hybridized carbons (Fsp3) is 0.636. The van der Waals surface area contributed by atoms with Crippen LogP contribution in [-0.2, 0) is 25.5 Å². The number of aryl methyl sites for hydroxylation is 1. The zero-order chi connectivity index (χ0) is 29.2. The first-order valence-electron chi connectivity index (χ1n) is 15.6. The van der Waals surface area contributed by atoms with E-state index in [-0.39, 0.29) is 29.9 Å². The molecule has 0 amide bonds. The molecule has 0 saturated heterocycles. The number of benzene rings is 1. The lowest BCUT2D eigenvalue weighted by atomic mass is 9.84. The molecule has 0 unspecified atom stereocenters. The fourth-order valence-electron chi connectivity index (χ4n) is 6.58. The number of phenolic OH excluding ortho intramolecular Hbond substituents is 1. The standard InChI is InChI=1S/C33H48N2O6/c1-22(36)39-28(20-29(40-23(2)37)17-24-9-5-3-6-10-24)14-13-25-18-32(41-27-11-7-4-8-12-27)31(38)21-30(25)26-15-16-35-33(34)19-26/h15,18-19,21,24,27-29,35,38H,3-14,16-17,20,34H2,1-2H3/t28-,29+/m1/s1. The van der Waals surface area contributed by atoms with Gasteiger partial charge in [0.2, 0.25) is 0 Å².